The zero-order valence-electron chi connectivity index (χ0n) is 29.6. The first-order chi connectivity index (χ1) is 24.2. The van der Waals surface area contributed by atoms with Gasteiger partial charge in [0.15, 0.2) is 0 Å². The summed E-state index contributed by atoms with van der Waals surface area (Å²) in [6.45, 7) is 1.59. The van der Waals surface area contributed by atoms with Gasteiger partial charge >= 0.3 is 0 Å². The molecular formula is C46H54NOP. The highest BCUT2D eigenvalue weighted by molar-refractivity contribution is 7.73. The van der Waals surface area contributed by atoms with Crippen LogP contribution in [-0.2, 0) is 0 Å². The lowest BCUT2D eigenvalue weighted by molar-refractivity contribution is 0.261. The van der Waals surface area contributed by atoms with Gasteiger partial charge in [-0.25, -0.2) is 0 Å². The highest BCUT2D eigenvalue weighted by Gasteiger charge is 2.15. The third-order valence-corrected chi connectivity index (χ3v) is 11.7. The Labute approximate surface area is 297 Å². The number of hydrogen-bond donors (Lipinski definition) is 0. The lowest BCUT2D eigenvalue weighted by Crippen LogP contribution is -2.19. The van der Waals surface area contributed by atoms with Crippen LogP contribution in [0.15, 0.2) is 146 Å². The second-order valence-corrected chi connectivity index (χ2v) is 15.5. The first-order valence-corrected chi connectivity index (χ1v) is 19.8. The van der Waals surface area contributed by atoms with E-state index in [0.29, 0.717) is 6.61 Å². The van der Waals surface area contributed by atoms with Crippen LogP contribution < -0.4 is 15.3 Å². The molecule has 49 heavy (non-hydrogen) atoms. The molecule has 5 aromatic rings. The highest BCUT2D eigenvalue weighted by atomic mass is 31.1. The molecule has 5 rings (SSSR count). The van der Waals surface area contributed by atoms with E-state index < -0.39 is 0 Å². The van der Waals surface area contributed by atoms with Crippen LogP contribution in [0.25, 0.3) is 11.1 Å². The lowest BCUT2D eigenvalue weighted by Gasteiger charge is -2.19. The molecule has 0 aromatic heterocycles. The van der Waals surface area contributed by atoms with Crippen molar-refractivity contribution in [3.8, 4) is 5.75 Å². The second kappa shape index (κ2) is 20.5. The van der Waals surface area contributed by atoms with Crippen molar-refractivity contribution in [3.05, 3.63) is 162 Å². The van der Waals surface area contributed by atoms with Crippen molar-refractivity contribution in [3.63, 3.8) is 0 Å². The highest BCUT2D eigenvalue weighted by Crippen LogP contribution is 2.37. The minimum atomic E-state index is -0.267. The van der Waals surface area contributed by atoms with Gasteiger partial charge in [-0.15, -0.1) is 0 Å². The molecule has 0 amide bonds. The van der Waals surface area contributed by atoms with E-state index in [1.165, 1.54) is 96.0 Å². The number of nitrogens with zero attached hydrogens (tertiary/aromatic N) is 1. The van der Waals surface area contributed by atoms with Crippen molar-refractivity contribution in [2.45, 2.75) is 57.8 Å². The standard InChI is InChI=1S/C46H54NOP/c1-47(2)36-37-48-42-34-32-41(33-35-42)46(40-25-15-10-16-26-40)45(39-23-13-9-14-24-39)31-21-7-5-3-4-6-8-22-38-49(43-27-17-11-18-28-43)44-29-19-12-20-30-44/h9-20,23-30,32-35H,3-8,21-22,31,36-38H2,1-2H3/b46-45-. The summed E-state index contributed by atoms with van der Waals surface area (Å²) in [6, 6.07) is 53.0. The van der Waals surface area contributed by atoms with E-state index in [1.807, 2.05) is 0 Å². The van der Waals surface area contributed by atoms with Crippen molar-refractivity contribution < 1.29 is 4.74 Å². The van der Waals surface area contributed by atoms with Crippen LogP contribution in [0.3, 0.4) is 0 Å². The first kappa shape index (κ1) is 36.3. The van der Waals surface area contributed by atoms with Gasteiger partial charge in [-0.2, -0.15) is 0 Å². The van der Waals surface area contributed by atoms with Crippen molar-refractivity contribution in [2.24, 2.45) is 0 Å². The fraction of sp³-hybridized carbons (Fsp3) is 0.304. The number of allylic oxidation sites excluding steroid dienone is 1. The van der Waals surface area contributed by atoms with Crippen molar-refractivity contribution in [1.82, 2.24) is 4.90 Å². The van der Waals surface area contributed by atoms with E-state index in [-0.39, 0.29) is 7.92 Å². The third kappa shape index (κ3) is 11.8. The van der Waals surface area contributed by atoms with Gasteiger partial charge in [0.1, 0.15) is 12.4 Å². The molecule has 2 nitrogen and oxygen atoms in total. The minimum Gasteiger partial charge on any atom is -0.492 e. The molecule has 3 heteroatoms. The molecule has 0 aliphatic carbocycles. The predicted molar refractivity (Wildman–Crippen MR) is 215 cm³/mol. The Morgan fingerprint density at radius 1 is 0.490 bits per heavy atom. The van der Waals surface area contributed by atoms with E-state index in [0.717, 1.165) is 18.7 Å². The Kier molecular flexibility index (Phi) is 15.2. The minimum absolute atomic E-state index is 0.267. The molecule has 254 valence electrons. The molecule has 0 atom stereocenters. The molecule has 0 aliphatic rings. The van der Waals surface area contributed by atoms with Gasteiger partial charge in [-0.05, 0) is 98.0 Å². The summed E-state index contributed by atoms with van der Waals surface area (Å²) in [5.74, 6) is 0.924. The molecule has 0 saturated heterocycles. The fourth-order valence-corrected chi connectivity index (χ4v) is 8.91. The van der Waals surface area contributed by atoms with Crippen LogP contribution in [0.2, 0.25) is 0 Å². The summed E-state index contributed by atoms with van der Waals surface area (Å²) < 4.78 is 6.03. The molecule has 0 bridgehead atoms. The zero-order valence-corrected chi connectivity index (χ0v) is 30.5. The fourth-order valence-electron chi connectivity index (χ4n) is 6.49. The van der Waals surface area contributed by atoms with Gasteiger partial charge in [0.05, 0.1) is 0 Å². The lowest BCUT2D eigenvalue weighted by atomic mass is 9.86. The van der Waals surface area contributed by atoms with Gasteiger partial charge in [0, 0.05) is 6.54 Å². The van der Waals surface area contributed by atoms with Crippen LogP contribution >= 0.6 is 7.92 Å². The maximum absolute atomic E-state index is 6.03. The summed E-state index contributed by atoms with van der Waals surface area (Å²) in [6.07, 6.45) is 12.8. The maximum atomic E-state index is 6.03. The van der Waals surface area contributed by atoms with Gasteiger partial charge in [-0.3, -0.25) is 0 Å². The predicted octanol–water partition coefficient (Wildman–Crippen LogP) is 11.2. The summed E-state index contributed by atoms with van der Waals surface area (Å²) >= 11 is 0. The summed E-state index contributed by atoms with van der Waals surface area (Å²) in [7, 11) is 3.88. The molecule has 0 fully saturated rings. The quantitative estimate of drug-likeness (QED) is 0.0465. The molecule has 0 unspecified atom stereocenters. The average molecular weight is 668 g/mol. The van der Waals surface area contributed by atoms with Gasteiger partial charge < -0.3 is 9.64 Å². The monoisotopic (exact) mass is 667 g/mol. The normalized spacial score (nSPS) is 11.9. The van der Waals surface area contributed by atoms with Gasteiger partial charge in [-0.1, -0.05) is 172 Å². The van der Waals surface area contributed by atoms with E-state index in [9.17, 15) is 0 Å². The van der Waals surface area contributed by atoms with Crippen molar-refractivity contribution in [2.75, 3.05) is 33.4 Å². The zero-order chi connectivity index (χ0) is 33.9. The Morgan fingerprint density at radius 3 is 1.47 bits per heavy atom. The SMILES string of the molecule is CN(C)CCOc1ccc(/C(=C(/CCCCCCCCCCP(c2ccccc2)c2ccccc2)c2ccccc2)c2ccccc2)cc1. The Balaban J connectivity index is 1.15. The number of likely N-dealkylation sites (N-methyl/N-ethyl adjacent to an activating group) is 1. The van der Waals surface area contributed by atoms with E-state index >= 15 is 0 Å². The Bertz CT molecular complexity index is 1590. The number of unbranched alkanes of at least 4 members (excludes halogenated alkanes) is 7. The Morgan fingerprint density at radius 2 is 0.939 bits per heavy atom. The van der Waals surface area contributed by atoms with Crippen LogP contribution in [-0.4, -0.2) is 38.3 Å². The maximum Gasteiger partial charge on any atom is 0.119 e. The third-order valence-electron chi connectivity index (χ3n) is 9.13. The molecule has 5 aromatic carbocycles. The summed E-state index contributed by atoms with van der Waals surface area (Å²) in [5, 5.41) is 3.01. The smallest absolute Gasteiger partial charge is 0.119 e. The largest absolute Gasteiger partial charge is 0.492 e. The number of hydrogen-bond acceptors (Lipinski definition) is 2. The summed E-state index contributed by atoms with van der Waals surface area (Å²) in [4.78, 5) is 2.15. The van der Waals surface area contributed by atoms with Crippen molar-refractivity contribution >= 4 is 29.7 Å². The van der Waals surface area contributed by atoms with Crippen molar-refractivity contribution in [1.29, 1.82) is 0 Å². The molecule has 0 spiro atoms. The number of benzene rings is 5. The summed E-state index contributed by atoms with van der Waals surface area (Å²) in [5.41, 5.74) is 6.59. The molecule has 0 heterocycles. The molecule has 0 radical (unpaired) electrons. The van der Waals surface area contributed by atoms with Crippen LogP contribution in [0.1, 0.15) is 74.5 Å². The first-order valence-electron chi connectivity index (χ1n) is 18.3. The van der Waals surface area contributed by atoms with E-state index in [4.69, 9.17) is 4.74 Å². The molecule has 0 aliphatic heterocycles. The van der Waals surface area contributed by atoms with Crippen LogP contribution in [0.5, 0.6) is 5.75 Å². The number of ether oxygens (including phenoxy) is 1. The van der Waals surface area contributed by atoms with E-state index in [1.54, 1.807) is 0 Å². The van der Waals surface area contributed by atoms with E-state index in [2.05, 4.69) is 165 Å². The molecule has 0 N–H and O–H groups in total. The van der Waals surface area contributed by atoms with Crippen LogP contribution in [0, 0.1) is 0 Å². The van der Waals surface area contributed by atoms with Gasteiger partial charge in [0.25, 0.3) is 0 Å². The second-order valence-electron chi connectivity index (χ2n) is 13.2. The van der Waals surface area contributed by atoms with Crippen LogP contribution in [0.4, 0.5) is 0 Å². The topological polar surface area (TPSA) is 12.5 Å². The molecular weight excluding hydrogens is 613 g/mol. The Hall–Kier alpha value is -3.97. The van der Waals surface area contributed by atoms with Gasteiger partial charge in [0.2, 0.25) is 0 Å². The number of rotatable bonds is 20. The molecule has 0 saturated carbocycles. The average Bonchev–Trinajstić information content (AvgIpc) is 3.15.